The number of anilines is 1. The molecule has 0 aliphatic rings. The largest absolute Gasteiger partial charge is 0.493 e. The van der Waals surface area contributed by atoms with E-state index in [0.717, 1.165) is 0 Å². The molecule has 112 valence electrons. The van der Waals surface area contributed by atoms with Crippen LogP contribution < -0.4 is 9.46 Å². The first-order chi connectivity index (χ1) is 9.97. The Hall–Kier alpha value is -2.01. The smallest absolute Gasteiger partial charge is 0.261 e. The van der Waals surface area contributed by atoms with Crippen LogP contribution in [0.2, 0.25) is 0 Å². The van der Waals surface area contributed by atoms with Gasteiger partial charge in [-0.05, 0) is 30.2 Å². The number of benzene rings is 2. The summed E-state index contributed by atoms with van der Waals surface area (Å²) < 4.78 is 32.6. The van der Waals surface area contributed by atoms with E-state index in [-0.39, 0.29) is 4.90 Å². The number of hydrogen-bond acceptors (Lipinski definition) is 3. The zero-order valence-corrected chi connectivity index (χ0v) is 12.9. The number of sulfonamides is 1. The molecule has 0 bridgehead atoms. The minimum absolute atomic E-state index is 0.235. The van der Waals surface area contributed by atoms with Crippen LogP contribution >= 0.6 is 0 Å². The fourth-order valence-electron chi connectivity index (χ4n) is 1.73. The quantitative estimate of drug-likeness (QED) is 0.888. The van der Waals surface area contributed by atoms with Crippen LogP contribution in [0.4, 0.5) is 5.69 Å². The molecule has 4 nitrogen and oxygen atoms in total. The van der Waals surface area contributed by atoms with Crippen molar-refractivity contribution < 1.29 is 13.2 Å². The fourth-order valence-corrected chi connectivity index (χ4v) is 2.80. The van der Waals surface area contributed by atoms with Crippen molar-refractivity contribution in [3.05, 3.63) is 54.6 Å². The molecule has 0 saturated heterocycles. The molecule has 2 aromatic carbocycles. The lowest BCUT2D eigenvalue weighted by Gasteiger charge is -2.11. The van der Waals surface area contributed by atoms with Gasteiger partial charge in [-0.25, -0.2) is 8.42 Å². The van der Waals surface area contributed by atoms with Gasteiger partial charge in [-0.2, -0.15) is 0 Å². The lowest BCUT2D eigenvalue weighted by molar-refractivity contribution is 0.271. The Bertz CT molecular complexity index is 682. The molecule has 0 saturated carbocycles. The topological polar surface area (TPSA) is 55.4 Å². The van der Waals surface area contributed by atoms with Crippen LogP contribution in [0.5, 0.6) is 5.75 Å². The molecule has 0 amide bonds. The average molecular weight is 305 g/mol. The molecule has 0 fully saturated rings. The maximum Gasteiger partial charge on any atom is 0.261 e. The molecule has 5 heteroatoms. The summed E-state index contributed by atoms with van der Waals surface area (Å²) in [4.78, 5) is 0.235. The van der Waals surface area contributed by atoms with Gasteiger partial charge in [-0.1, -0.05) is 38.1 Å². The van der Waals surface area contributed by atoms with Crippen molar-refractivity contribution >= 4 is 15.7 Å². The number of rotatable bonds is 6. The van der Waals surface area contributed by atoms with Gasteiger partial charge in [0.1, 0.15) is 5.75 Å². The predicted octanol–water partition coefficient (Wildman–Crippen LogP) is 3.52. The van der Waals surface area contributed by atoms with Crippen molar-refractivity contribution in [2.24, 2.45) is 5.92 Å². The van der Waals surface area contributed by atoms with E-state index < -0.39 is 10.0 Å². The number of nitrogens with one attached hydrogen (secondary N) is 1. The minimum atomic E-state index is -3.57. The Balaban J connectivity index is 2.14. The summed E-state index contributed by atoms with van der Waals surface area (Å²) in [5.41, 5.74) is 0.486. The molecule has 1 N–H and O–H groups in total. The van der Waals surface area contributed by atoms with Crippen LogP contribution in [0.1, 0.15) is 13.8 Å². The van der Waals surface area contributed by atoms with Gasteiger partial charge in [0.2, 0.25) is 0 Å². The van der Waals surface area contributed by atoms with Gasteiger partial charge in [0.15, 0.2) is 0 Å². The number of ether oxygens (including phenoxy) is 1. The van der Waals surface area contributed by atoms with E-state index >= 15 is 0 Å². The highest BCUT2D eigenvalue weighted by Crippen LogP contribution is 2.21. The van der Waals surface area contributed by atoms with Crippen molar-refractivity contribution in [3.63, 3.8) is 0 Å². The third kappa shape index (κ3) is 4.49. The third-order valence-electron chi connectivity index (χ3n) is 2.72. The van der Waals surface area contributed by atoms with Crippen LogP contribution in [0.25, 0.3) is 0 Å². The highest BCUT2D eigenvalue weighted by atomic mass is 32.2. The molecule has 0 heterocycles. The van der Waals surface area contributed by atoms with E-state index in [1.54, 1.807) is 48.5 Å². The molecular weight excluding hydrogens is 286 g/mol. The summed E-state index contributed by atoms with van der Waals surface area (Å²) in [6.45, 7) is 4.71. The minimum Gasteiger partial charge on any atom is -0.493 e. The van der Waals surface area contributed by atoms with E-state index in [1.807, 2.05) is 6.07 Å². The van der Waals surface area contributed by atoms with Gasteiger partial charge < -0.3 is 4.74 Å². The lowest BCUT2D eigenvalue weighted by atomic mass is 10.2. The molecule has 0 radical (unpaired) electrons. The Morgan fingerprint density at radius 1 is 1.05 bits per heavy atom. The van der Waals surface area contributed by atoms with Crippen LogP contribution in [-0.2, 0) is 10.0 Å². The van der Waals surface area contributed by atoms with Crippen molar-refractivity contribution in [1.29, 1.82) is 0 Å². The summed E-state index contributed by atoms with van der Waals surface area (Å²) in [5, 5.41) is 0. The normalized spacial score (nSPS) is 11.4. The Kier molecular flexibility index (Phi) is 4.85. The van der Waals surface area contributed by atoms with Gasteiger partial charge in [-0.15, -0.1) is 0 Å². The summed E-state index contributed by atoms with van der Waals surface area (Å²) >= 11 is 0. The van der Waals surface area contributed by atoms with Crippen molar-refractivity contribution in [1.82, 2.24) is 0 Å². The molecule has 0 spiro atoms. The van der Waals surface area contributed by atoms with E-state index in [1.165, 1.54) is 0 Å². The summed E-state index contributed by atoms with van der Waals surface area (Å²) in [7, 11) is -3.57. The van der Waals surface area contributed by atoms with Gasteiger partial charge in [0.05, 0.1) is 17.2 Å². The first-order valence-electron chi connectivity index (χ1n) is 6.78. The molecule has 21 heavy (non-hydrogen) atoms. The van der Waals surface area contributed by atoms with E-state index in [4.69, 9.17) is 4.74 Å². The van der Waals surface area contributed by atoms with Gasteiger partial charge in [0.25, 0.3) is 10.0 Å². The molecule has 0 unspecified atom stereocenters. The zero-order chi connectivity index (χ0) is 15.3. The second kappa shape index (κ2) is 6.63. The second-order valence-corrected chi connectivity index (χ2v) is 6.83. The molecule has 0 aliphatic heterocycles. The van der Waals surface area contributed by atoms with E-state index in [2.05, 4.69) is 18.6 Å². The predicted molar refractivity (Wildman–Crippen MR) is 84.0 cm³/mol. The monoisotopic (exact) mass is 305 g/mol. The van der Waals surface area contributed by atoms with Crippen LogP contribution in [0.3, 0.4) is 0 Å². The van der Waals surface area contributed by atoms with Gasteiger partial charge in [-0.3, -0.25) is 4.72 Å². The molecule has 2 aromatic rings. The van der Waals surface area contributed by atoms with Gasteiger partial charge >= 0.3 is 0 Å². The Morgan fingerprint density at radius 3 is 2.43 bits per heavy atom. The third-order valence-corrected chi connectivity index (χ3v) is 4.12. The van der Waals surface area contributed by atoms with E-state index in [9.17, 15) is 8.42 Å². The molecular formula is C16H19NO3S. The summed E-state index contributed by atoms with van der Waals surface area (Å²) in [6, 6.07) is 15.2. The van der Waals surface area contributed by atoms with Crippen LogP contribution in [0, 0.1) is 5.92 Å². The molecule has 0 aromatic heterocycles. The number of hydrogen-bond donors (Lipinski definition) is 1. The van der Waals surface area contributed by atoms with E-state index in [0.29, 0.717) is 24.0 Å². The standard InChI is InChI=1S/C16H19NO3S/c1-13(2)12-20-15-8-6-7-14(11-15)17-21(18,19)16-9-4-3-5-10-16/h3-11,13,17H,12H2,1-2H3. The Labute approximate surface area is 125 Å². The maximum atomic E-state index is 12.2. The van der Waals surface area contributed by atoms with Crippen LogP contribution in [0.15, 0.2) is 59.5 Å². The summed E-state index contributed by atoms with van der Waals surface area (Å²) in [6.07, 6.45) is 0. The first-order valence-corrected chi connectivity index (χ1v) is 8.26. The maximum absolute atomic E-state index is 12.2. The zero-order valence-electron chi connectivity index (χ0n) is 12.1. The summed E-state index contributed by atoms with van der Waals surface area (Å²) in [5.74, 6) is 1.06. The first kappa shape index (κ1) is 15.4. The molecule has 0 atom stereocenters. The fraction of sp³-hybridized carbons (Fsp3) is 0.250. The molecule has 0 aliphatic carbocycles. The second-order valence-electron chi connectivity index (χ2n) is 5.15. The van der Waals surface area contributed by atoms with Crippen LogP contribution in [-0.4, -0.2) is 15.0 Å². The van der Waals surface area contributed by atoms with Crippen molar-refractivity contribution in [3.8, 4) is 5.75 Å². The Morgan fingerprint density at radius 2 is 1.76 bits per heavy atom. The van der Waals surface area contributed by atoms with Crippen molar-refractivity contribution in [2.75, 3.05) is 11.3 Å². The average Bonchev–Trinajstić information content (AvgIpc) is 2.46. The van der Waals surface area contributed by atoms with Crippen molar-refractivity contribution in [2.45, 2.75) is 18.7 Å². The molecule has 2 rings (SSSR count). The SMILES string of the molecule is CC(C)COc1cccc(NS(=O)(=O)c2ccccc2)c1. The highest BCUT2D eigenvalue weighted by molar-refractivity contribution is 7.92. The van der Waals surface area contributed by atoms with Gasteiger partial charge in [0, 0.05) is 6.07 Å². The lowest BCUT2D eigenvalue weighted by Crippen LogP contribution is -2.13. The highest BCUT2D eigenvalue weighted by Gasteiger charge is 2.13.